The van der Waals surface area contributed by atoms with Gasteiger partial charge in [-0.15, -0.1) is 0 Å². The summed E-state index contributed by atoms with van der Waals surface area (Å²) in [5.74, 6) is 1.01. The molecule has 0 saturated heterocycles. The van der Waals surface area contributed by atoms with Crippen molar-refractivity contribution in [2.45, 2.75) is 32.5 Å². The number of likely N-dealkylation sites (N-methyl/N-ethyl adjacent to an activating group) is 1. The number of rotatable bonds is 8. The van der Waals surface area contributed by atoms with E-state index in [2.05, 4.69) is 15.5 Å². The summed E-state index contributed by atoms with van der Waals surface area (Å²) in [6, 6.07) is 14.7. The number of nitrogens with zero attached hydrogens (tertiary/aromatic N) is 2. The summed E-state index contributed by atoms with van der Waals surface area (Å²) in [5, 5.41) is 16.6. The Morgan fingerprint density at radius 3 is 2.65 bits per heavy atom. The molecule has 12 heteroatoms. The fraction of sp³-hybridized carbons (Fsp3) is 0.355. The zero-order chi connectivity index (χ0) is 30.7. The minimum absolute atomic E-state index is 0.113. The molecule has 2 aliphatic heterocycles. The zero-order valence-electron chi connectivity index (χ0n) is 24.1. The number of carbonyl (C=O) groups is 2. The summed E-state index contributed by atoms with van der Waals surface area (Å²) in [6.07, 6.45) is -0.368. The molecular formula is C31H34Cl2N4O6. The second-order valence-corrected chi connectivity index (χ2v) is 11.7. The third-order valence-corrected chi connectivity index (χ3v) is 8.24. The number of ether oxygens (including phenoxy) is 3. The molecule has 3 aromatic rings. The third kappa shape index (κ3) is 7.10. The van der Waals surface area contributed by atoms with Gasteiger partial charge in [0.25, 0.3) is 5.91 Å². The fourth-order valence-corrected chi connectivity index (χ4v) is 5.46. The molecule has 3 N–H and O–H groups in total. The van der Waals surface area contributed by atoms with Crippen LogP contribution in [-0.2, 0) is 6.54 Å². The topological polar surface area (TPSA) is 113 Å². The van der Waals surface area contributed by atoms with Gasteiger partial charge in [0, 0.05) is 37.3 Å². The van der Waals surface area contributed by atoms with Crippen LogP contribution in [0.3, 0.4) is 0 Å². The van der Waals surface area contributed by atoms with Crippen molar-refractivity contribution >= 4 is 46.5 Å². The number of para-hydroxylation sites is 1. The van der Waals surface area contributed by atoms with Gasteiger partial charge >= 0.3 is 6.03 Å². The molecule has 3 amide bonds. The second kappa shape index (κ2) is 13.3. The van der Waals surface area contributed by atoms with Gasteiger partial charge in [0.1, 0.15) is 6.10 Å². The Kier molecular flexibility index (Phi) is 9.51. The molecule has 228 valence electrons. The lowest BCUT2D eigenvalue weighted by Gasteiger charge is -2.38. The van der Waals surface area contributed by atoms with E-state index in [4.69, 9.17) is 37.4 Å². The first-order valence-corrected chi connectivity index (χ1v) is 14.7. The first-order valence-electron chi connectivity index (χ1n) is 13.9. The molecule has 2 heterocycles. The number of hydrogen-bond acceptors (Lipinski definition) is 7. The molecule has 0 aliphatic carbocycles. The molecule has 0 aromatic heterocycles. The number of anilines is 2. The Morgan fingerprint density at radius 1 is 1.09 bits per heavy atom. The number of aliphatic hydroxyl groups excluding tert-OH is 1. The Bertz CT molecular complexity index is 1510. The molecule has 0 fully saturated rings. The van der Waals surface area contributed by atoms with E-state index < -0.39 is 12.1 Å². The number of fused-ring (bicyclic) bond motifs is 2. The summed E-state index contributed by atoms with van der Waals surface area (Å²) in [6.45, 7) is 5.23. The van der Waals surface area contributed by atoms with Crippen LogP contribution in [0.2, 0.25) is 10.0 Å². The lowest BCUT2D eigenvalue weighted by atomic mass is 9.99. The van der Waals surface area contributed by atoms with E-state index in [-0.39, 0.29) is 37.1 Å². The van der Waals surface area contributed by atoms with Crippen LogP contribution in [0.1, 0.15) is 29.8 Å². The number of urea groups is 1. The molecule has 0 unspecified atom stereocenters. The average Bonchev–Trinajstić information content (AvgIpc) is 3.45. The van der Waals surface area contributed by atoms with Gasteiger partial charge in [-0.05, 0) is 55.9 Å². The molecule has 10 nitrogen and oxygen atoms in total. The fourth-order valence-electron chi connectivity index (χ4n) is 5.14. The highest BCUT2D eigenvalue weighted by Crippen LogP contribution is 2.36. The van der Waals surface area contributed by atoms with Gasteiger partial charge in [0.2, 0.25) is 6.79 Å². The number of nitrogens with one attached hydrogen (secondary N) is 2. The monoisotopic (exact) mass is 628 g/mol. The molecular weight excluding hydrogens is 595 g/mol. The number of hydrogen-bond donors (Lipinski definition) is 3. The molecule has 0 bridgehead atoms. The van der Waals surface area contributed by atoms with Gasteiger partial charge in [-0.3, -0.25) is 9.69 Å². The van der Waals surface area contributed by atoms with E-state index >= 15 is 0 Å². The predicted octanol–water partition coefficient (Wildman–Crippen LogP) is 5.72. The molecule has 43 heavy (non-hydrogen) atoms. The predicted molar refractivity (Wildman–Crippen MR) is 166 cm³/mol. The van der Waals surface area contributed by atoms with Gasteiger partial charge in [-0.2, -0.15) is 0 Å². The third-order valence-electron chi connectivity index (χ3n) is 7.50. The maximum Gasteiger partial charge on any atom is 0.323 e. The van der Waals surface area contributed by atoms with E-state index in [1.807, 2.05) is 26.1 Å². The molecule has 2 aliphatic rings. The van der Waals surface area contributed by atoms with Gasteiger partial charge in [0.15, 0.2) is 17.2 Å². The number of carbonyl (C=O) groups excluding carboxylic acids is 2. The normalized spacial score (nSPS) is 18.4. The van der Waals surface area contributed by atoms with Crippen LogP contribution in [0.15, 0.2) is 54.6 Å². The van der Waals surface area contributed by atoms with Crippen molar-refractivity contribution < 1.29 is 28.9 Å². The van der Waals surface area contributed by atoms with Gasteiger partial charge in [-0.25, -0.2) is 4.79 Å². The van der Waals surface area contributed by atoms with Crippen molar-refractivity contribution in [3.05, 3.63) is 75.8 Å². The van der Waals surface area contributed by atoms with Crippen LogP contribution in [0.5, 0.6) is 17.2 Å². The quantitative estimate of drug-likeness (QED) is 0.292. The first-order chi connectivity index (χ1) is 20.6. The lowest BCUT2D eigenvalue weighted by Crippen LogP contribution is -2.49. The Labute approximate surface area is 260 Å². The molecule has 5 rings (SSSR count). The maximum atomic E-state index is 13.7. The number of halogens is 2. The Balaban J connectivity index is 1.40. The average molecular weight is 630 g/mol. The van der Waals surface area contributed by atoms with Gasteiger partial charge in [-0.1, -0.05) is 42.3 Å². The summed E-state index contributed by atoms with van der Waals surface area (Å²) in [7, 11) is 1.97. The molecule has 0 spiro atoms. The summed E-state index contributed by atoms with van der Waals surface area (Å²) in [5.41, 5.74) is 2.14. The van der Waals surface area contributed by atoms with Crippen molar-refractivity contribution in [3.63, 3.8) is 0 Å². The SMILES string of the molecule is C[C@@H]1CN([C@H](C)CO)C(=O)c2cccc(NC(=O)Nc3ccc4c(c3)OCO4)c2O[C@H]1CN(C)Cc1ccc(Cl)c(Cl)c1. The zero-order valence-corrected chi connectivity index (χ0v) is 25.6. The van der Waals surface area contributed by atoms with Gasteiger partial charge < -0.3 is 34.9 Å². The van der Waals surface area contributed by atoms with E-state index in [0.29, 0.717) is 58.1 Å². The molecule has 3 aromatic carbocycles. The van der Waals surface area contributed by atoms with Crippen molar-refractivity contribution in [1.82, 2.24) is 9.80 Å². The summed E-state index contributed by atoms with van der Waals surface area (Å²) in [4.78, 5) is 30.6. The minimum atomic E-state index is -0.521. The Hall–Kier alpha value is -3.70. The van der Waals surface area contributed by atoms with Crippen LogP contribution in [0.4, 0.5) is 16.2 Å². The highest BCUT2D eigenvalue weighted by Gasteiger charge is 2.34. The van der Waals surface area contributed by atoms with Gasteiger partial charge in [0.05, 0.1) is 33.9 Å². The first kappa shape index (κ1) is 30.7. The van der Waals surface area contributed by atoms with Crippen LogP contribution in [-0.4, -0.2) is 72.5 Å². The van der Waals surface area contributed by atoms with Crippen LogP contribution < -0.4 is 24.8 Å². The van der Waals surface area contributed by atoms with Crippen LogP contribution >= 0.6 is 23.2 Å². The van der Waals surface area contributed by atoms with Crippen molar-refractivity contribution in [2.75, 3.05) is 44.2 Å². The highest BCUT2D eigenvalue weighted by molar-refractivity contribution is 6.42. The smallest absolute Gasteiger partial charge is 0.323 e. The van der Waals surface area contributed by atoms with E-state index in [1.165, 1.54) is 0 Å². The highest BCUT2D eigenvalue weighted by atomic mass is 35.5. The van der Waals surface area contributed by atoms with Crippen molar-refractivity contribution in [1.29, 1.82) is 0 Å². The van der Waals surface area contributed by atoms with E-state index in [9.17, 15) is 14.7 Å². The summed E-state index contributed by atoms with van der Waals surface area (Å²) < 4.78 is 17.3. The number of benzene rings is 3. The van der Waals surface area contributed by atoms with Crippen molar-refractivity contribution in [2.24, 2.45) is 5.92 Å². The Morgan fingerprint density at radius 2 is 1.88 bits per heavy atom. The molecule has 0 radical (unpaired) electrons. The molecule has 0 saturated carbocycles. The van der Waals surface area contributed by atoms with Crippen LogP contribution in [0, 0.1) is 5.92 Å². The molecule has 3 atom stereocenters. The van der Waals surface area contributed by atoms with E-state index in [0.717, 1.165) is 5.56 Å². The van der Waals surface area contributed by atoms with Crippen LogP contribution in [0.25, 0.3) is 0 Å². The number of amides is 3. The standard InChI is InChI=1S/C31H34Cl2N4O6/c1-18-13-37(19(2)16-38)30(39)22-5-4-6-25(35-31(40)34-21-8-10-26-27(12-21)42-17-41-26)29(22)43-28(18)15-36(3)14-20-7-9-23(32)24(33)11-20/h4-12,18-19,28,38H,13-17H2,1-3H3,(H2,34,35,40)/t18-,19-,28+/m1/s1. The maximum absolute atomic E-state index is 13.7. The largest absolute Gasteiger partial charge is 0.486 e. The van der Waals surface area contributed by atoms with E-state index in [1.54, 1.807) is 54.3 Å². The second-order valence-electron chi connectivity index (χ2n) is 10.9. The minimum Gasteiger partial charge on any atom is -0.486 e. The van der Waals surface area contributed by atoms with Crippen molar-refractivity contribution in [3.8, 4) is 17.2 Å². The lowest BCUT2D eigenvalue weighted by molar-refractivity contribution is 0.0343. The number of aliphatic hydroxyl groups is 1. The summed E-state index contributed by atoms with van der Waals surface area (Å²) >= 11 is 12.3.